The van der Waals surface area contributed by atoms with Crippen molar-refractivity contribution in [3.8, 4) is 5.75 Å². The van der Waals surface area contributed by atoms with Crippen molar-refractivity contribution in [3.05, 3.63) is 29.3 Å². The van der Waals surface area contributed by atoms with Gasteiger partial charge in [-0.2, -0.15) is 0 Å². The van der Waals surface area contributed by atoms with Crippen molar-refractivity contribution < 1.29 is 9.53 Å². The summed E-state index contributed by atoms with van der Waals surface area (Å²) in [5, 5.41) is 0. The van der Waals surface area contributed by atoms with Crippen LogP contribution in [0.5, 0.6) is 5.75 Å². The zero-order valence-corrected chi connectivity index (χ0v) is 10.3. The minimum Gasteiger partial charge on any atom is -0.497 e. The molecule has 1 atom stereocenters. The molecule has 0 fully saturated rings. The Morgan fingerprint density at radius 2 is 2.35 bits per heavy atom. The van der Waals surface area contributed by atoms with E-state index in [-0.39, 0.29) is 11.9 Å². The molecule has 0 saturated carbocycles. The quantitative estimate of drug-likeness (QED) is 0.852. The first-order chi connectivity index (χ1) is 8.17. The van der Waals surface area contributed by atoms with Gasteiger partial charge < -0.3 is 10.5 Å². The molecule has 0 saturated heterocycles. The van der Waals surface area contributed by atoms with Gasteiger partial charge in [-0.05, 0) is 36.2 Å². The van der Waals surface area contributed by atoms with Gasteiger partial charge in [-0.25, -0.2) is 0 Å². The fourth-order valence-electron chi connectivity index (χ4n) is 2.46. The Kier molecular flexibility index (Phi) is 3.33. The second kappa shape index (κ2) is 4.75. The summed E-state index contributed by atoms with van der Waals surface area (Å²) in [7, 11) is 1.65. The number of primary amides is 1. The van der Waals surface area contributed by atoms with Gasteiger partial charge >= 0.3 is 0 Å². The van der Waals surface area contributed by atoms with Crippen LogP contribution in [-0.4, -0.2) is 31.0 Å². The number of ether oxygens (including phenoxy) is 1. The van der Waals surface area contributed by atoms with Crippen LogP contribution in [0.1, 0.15) is 24.1 Å². The molecule has 1 unspecified atom stereocenters. The monoisotopic (exact) mass is 234 g/mol. The predicted octanol–water partition coefficient (Wildman–Crippen LogP) is 1.10. The van der Waals surface area contributed by atoms with Gasteiger partial charge in [0.1, 0.15) is 11.8 Å². The Morgan fingerprint density at radius 1 is 1.59 bits per heavy atom. The standard InChI is InChI=1S/C13H18N2O2/c1-3-15-7-6-9-8-10(17-2)4-5-11(9)12(15)13(14)16/h4-5,8,12H,3,6-7H2,1-2H3,(H2,14,16). The highest BCUT2D eigenvalue weighted by molar-refractivity contribution is 5.82. The van der Waals surface area contributed by atoms with Crippen molar-refractivity contribution in [3.63, 3.8) is 0 Å². The third-order valence-electron chi connectivity index (χ3n) is 3.35. The summed E-state index contributed by atoms with van der Waals surface area (Å²) in [4.78, 5) is 13.7. The van der Waals surface area contributed by atoms with E-state index in [9.17, 15) is 4.79 Å². The molecule has 92 valence electrons. The highest BCUT2D eigenvalue weighted by Crippen LogP contribution is 2.31. The number of nitrogens with zero attached hydrogens (tertiary/aromatic N) is 1. The number of carbonyl (C=O) groups is 1. The summed E-state index contributed by atoms with van der Waals surface area (Å²) in [6.45, 7) is 3.74. The molecule has 1 aromatic carbocycles. The zero-order chi connectivity index (χ0) is 12.4. The molecule has 0 radical (unpaired) electrons. The maximum atomic E-state index is 11.6. The van der Waals surface area contributed by atoms with Crippen LogP contribution in [0.2, 0.25) is 0 Å². The molecule has 1 aliphatic rings. The minimum absolute atomic E-state index is 0.280. The molecule has 4 nitrogen and oxygen atoms in total. The van der Waals surface area contributed by atoms with E-state index in [1.165, 1.54) is 0 Å². The number of methoxy groups -OCH3 is 1. The summed E-state index contributed by atoms with van der Waals surface area (Å²) >= 11 is 0. The number of benzene rings is 1. The topological polar surface area (TPSA) is 55.6 Å². The number of amides is 1. The van der Waals surface area contributed by atoms with Gasteiger partial charge in [0.2, 0.25) is 5.91 Å². The molecule has 1 heterocycles. The lowest BCUT2D eigenvalue weighted by molar-refractivity contribution is -0.123. The third-order valence-corrected chi connectivity index (χ3v) is 3.35. The van der Waals surface area contributed by atoms with Crippen molar-refractivity contribution in [2.45, 2.75) is 19.4 Å². The second-order valence-electron chi connectivity index (χ2n) is 4.25. The second-order valence-corrected chi connectivity index (χ2v) is 4.25. The first-order valence-electron chi connectivity index (χ1n) is 5.87. The number of hydrogen-bond acceptors (Lipinski definition) is 3. The van der Waals surface area contributed by atoms with Crippen LogP contribution in [-0.2, 0) is 11.2 Å². The smallest absolute Gasteiger partial charge is 0.239 e. The number of nitrogens with two attached hydrogens (primary N) is 1. The molecule has 17 heavy (non-hydrogen) atoms. The van der Waals surface area contributed by atoms with Gasteiger partial charge in [0, 0.05) is 6.54 Å². The average molecular weight is 234 g/mol. The van der Waals surface area contributed by atoms with Gasteiger partial charge in [0.05, 0.1) is 7.11 Å². The molecular formula is C13H18N2O2. The van der Waals surface area contributed by atoms with Crippen molar-refractivity contribution in [1.29, 1.82) is 0 Å². The number of carbonyl (C=O) groups excluding carboxylic acids is 1. The van der Waals surface area contributed by atoms with E-state index in [1.54, 1.807) is 7.11 Å². The zero-order valence-electron chi connectivity index (χ0n) is 10.3. The number of likely N-dealkylation sites (N-methyl/N-ethyl adjacent to an activating group) is 1. The van der Waals surface area contributed by atoms with E-state index in [0.717, 1.165) is 36.4 Å². The molecule has 1 aliphatic heterocycles. The van der Waals surface area contributed by atoms with Crippen LogP contribution < -0.4 is 10.5 Å². The van der Waals surface area contributed by atoms with E-state index in [1.807, 2.05) is 25.1 Å². The fraction of sp³-hybridized carbons (Fsp3) is 0.462. The Balaban J connectivity index is 2.42. The van der Waals surface area contributed by atoms with Crippen molar-refractivity contribution in [2.75, 3.05) is 20.2 Å². The molecule has 1 amide bonds. The van der Waals surface area contributed by atoms with Crippen LogP contribution in [0.25, 0.3) is 0 Å². The normalized spacial score (nSPS) is 19.8. The van der Waals surface area contributed by atoms with Crippen LogP contribution in [0.4, 0.5) is 0 Å². The summed E-state index contributed by atoms with van der Waals surface area (Å²) in [5.41, 5.74) is 7.69. The van der Waals surface area contributed by atoms with Crippen LogP contribution >= 0.6 is 0 Å². The van der Waals surface area contributed by atoms with Crippen molar-refractivity contribution >= 4 is 5.91 Å². The van der Waals surface area contributed by atoms with Gasteiger partial charge in [0.25, 0.3) is 0 Å². The Morgan fingerprint density at radius 3 is 2.94 bits per heavy atom. The predicted molar refractivity (Wildman–Crippen MR) is 65.9 cm³/mol. The average Bonchev–Trinajstić information content (AvgIpc) is 2.36. The third kappa shape index (κ3) is 2.13. The summed E-state index contributed by atoms with van der Waals surface area (Å²) in [6, 6.07) is 5.53. The molecule has 0 aliphatic carbocycles. The van der Waals surface area contributed by atoms with E-state index < -0.39 is 0 Å². The van der Waals surface area contributed by atoms with Gasteiger partial charge in [-0.3, -0.25) is 9.69 Å². The van der Waals surface area contributed by atoms with Crippen LogP contribution in [0.15, 0.2) is 18.2 Å². The SMILES string of the molecule is CCN1CCc2cc(OC)ccc2C1C(N)=O. The first-order valence-corrected chi connectivity index (χ1v) is 5.87. The van der Waals surface area contributed by atoms with E-state index in [0.29, 0.717) is 0 Å². The summed E-state index contributed by atoms with van der Waals surface area (Å²) in [5.74, 6) is 0.551. The molecule has 0 bridgehead atoms. The Hall–Kier alpha value is -1.55. The van der Waals surface area contributed by atoms with Gasteiger partial charge in [0.15, 0.2) is 0 Å². The molecule has 1 aromatic rings. The summed E-state index contributed by atoms with van der Waals surface area (Å²) in [6.07, 6.45) is 0.935. The Labute approximate surface area is 101 Å². The molecule has 0 aromatic heterocycles. The largest absolute Gasteiger partial charge is 0.497 e. The fourth-order valence-corrected chi connectivity index (χ4v) is 2.46. The molecule has 2 N–H and O–H groups in total. The van der Waals surface area contributed by atoms with Gasteiger partial charge in [-0.15, -0.1) is 0 Å². The number of hydrogen-bond donors (Lipinski definition) is 1. The maximum absolute atomic E-state index is 11.6. The molecular weight excluding hydrogens is 216 g/mol. The van der Waals surface area contributed by atoms with E-state index >= 15 is 0 Å². The lowest BCUT2D eigenvalue weighted by Gasteiger charge is -2.34. The van der Waals surface area contributed by atoms with Crippen molar-refractivity contribution in [2.24, 2.45) is 5.73 Å². The van der Waals surface area contributed by atoms with Crippen LogP contribution in [0.3, 0.4) is 0 Å². The van der Waals surface area contributed by atoms with E-state index in [2.05, 4.69) is 4.90 Å². The molecule has 0 spiro atoms. The van der Waals surface area contributed by atoms with Crippen LogP contribution in [0, 0.1) is 0 Å². The molecule has 4 heteroatoms. The number of rotatable bonds is 3. The van der Waals surface area contributed by atoms with E-state index in [4.69, 9.17) is 10.5 Å². The Bertz CT molecular complexity index is 431. The maximum Gasteiger partial charge on any atom is 0.239 e. The van der Waals surface area contributed by atoms with Gasteiger partial charge in [-0.1, -0.05) is 13.0 Å². The minimum atomic E-state index is -0.297. The van der Waals surface area contributed by atoms with Crippen molar-refractivity contribution in [1.82, 2.24) is 4.90 Å². The molecule has 2 rings (SSSR count). The lowest BCUT2D eigenvalue weighted by atomic mass is 9.92. The number of fused-ring (bicyclic) bond motifs is 1. The highest BCUT2D eigenvalue weighted by Gasteiger charge is 2.30. The summed E-state index contributed by atoms with van der Waals surface area (Å²) < 4.78 is 5.20. The first kappa shape index (κ1) is 11.9. The lowest BCUT2D eigenvalue weighted by Crippen LogP contribution is -2.42. The highest BCUT2D eigenvalue weighted by atomic mass is 16.5.